The average Bonchev–Trinajstić information content (AvgIpc) is 3.48. The molecule has 6 amide bonds. The molecule has 10 heteroatoms. The Bertz CT molecular complexity index is 861. The minimum absolute atomic E-state index is 0.156. The topological polar surface area (TPSA) is 129 Å². The number of carbonyl (C=O) groups excluding carboxylic acids is 4. The fourth-order valence-electron chi connectivity index (χ4n) is 5.41. The number of imide groups is 2. The molecular weight excluding hydrogens is 438 g/mol. The van der Waals surface area contributed by atoms with Crippen LogP contribution in [0.3, 0.4) is 0 Å². The van der Waals surface area contributed by atoms with Crippen LogP contribution in [-0.2, 0) is 16.0 Å². The first kappa shape index (κ1) is 25.8. The second kappa shape index (κ2) is 12.0. The molecule has 3 N–H and O–H groups in total. The number of nitrogens with zero attached hydrogens (tertiary/aromatic N) is 3. The first-order valence-corrected chi connectivity index (χ1v) is 12.2. The summed E-state index contributed by atoms with van der Waals surface area (Å²) in [5, 5.41) is 15.4. The van der Waals surface area contributed by atoms with E-state index >= 15 is 0 Å². The van der Waals surface area contributed by atoms with E-state index in [0.29, 0.717) is 49.8 Å². The first-order valence-electron chi connectivity index (χ1n) is 12.2. The number of amides is 6. The molecule has 0 aromatic carbocycles. The summed E-state index contributed by atoms with van der Waals surface area (Å²) in [5.41, 5.74) is 1.01. The Hall–Kier alpha value is -2.85. The summed E-state index contributed by atoms with van der Waals surface area (Å²) in [6, 6.07) is 2.11. The lowest BCUT2D eigenvalue weighted by molar-refractivity contribution is -0.786. The molecule has 0 bridgehead atoms. The number of carbonyl (C=O) groups is 4. The third kappa shape index (κ3) is 6.18. The Kier molecular flexibility index (Phi) is 9.12. The van der Waals surface area contributed by atoms with E-state index in [1.165, 1.54) is 0 Å². The van der Waals surface area contributed by atoms with E-state index < -0.39 is 22.5 Å². The lowest BCUT2D eigenvalue weighted by atomic mass is 9.91. The molecule has 2 heterocycles. The highest BCUT2D eigenvalue weighted by atomic mass is 16.5. The van der Waals surface area contributed by atoms with Gasteiger partial charge in [-0.15, -0.1) is 0 Å². The third-order valence-corrected chi connectivity index (χ3v) is 7.28. The molecule has 1 aliphatic carbocycles. The standard InChI is InChI=1S/C24H35N5O5/c1-18-5-4-14-29(18,22(31)21(16-28(34)17-30)15-20-6-2-3-7-20)24(33)27-23(32)26-13-10-19-8-11-25-12-9-19/h8-9,11-12,17-18,20-21,34H,2-7,10,13-16H2,1H3,(H-,26,27,32,33)/p+1/t18-,21-,29?/m1/s1. The van der Waals surface area contributed by atoms with Gasteiger partial charge in [-0.05, 0) is 43.4 Å². The maximum absolute atomic E-state index is 13.9. The van der Waals surface area contributed by atoms with E-state index in [0.717, 1.165) is 31.2 Å². The number of aromatic nitrogens is 1. The normalized spacial score (nSPS) is 23.3. The highest BCUT2D eigenvalue weighted by Gasteiger charge is 2.55. The Balaban J connectivity index is 1.69. The minimum atomic E-state index is -0.681. The van der Waals surface area contributed by atoms with Gasteiger partial charge in [-0.2, -0.15) is 4.48 Å². The van der Waals surface area contributed by atoms with Crippen molar-refractivity contribution in [3.63, 3.8) is 0 Å². The van der Waals surface area contributed by atoms with E-state index in [1.807, 2.05) is 19.1 Å². The molecule has 1 aromatic rings. The van der Waals surface area contributed by atoms with Crippen LogP contribution in [0.2, 0.25) is 0 Å². The number of hydrogen-bond donors (Lipinski definition) is 3. The first-order chi connectivity index (χ1) is 16.4. The number of rotatable bonds is 9. The molecule has 1 unspecified atom stereocenters. The lowest BCUT2D eigenvalue weighted by Crippen LogP contribution is -2.66. The molecule has 2 fully saturated rings. The van der Waals surface area contributed by atoms with Gasteiger partial charge in [0, 0.05) is 31.8 Å². The SMILES string of the molecule is C[C@@H]1CCC[N+]1(C(=O)NC(=O)NCCc1ccncc1)C(=O)[C@H](CC1CCCC1)CN(O)C=O. The zero-order valence-corrected chi connectivity index (χ0v) is 19.8. The van der Waals surface area contributed by atoms with Gasteiger partial charge in [-0.1, -0.05) is 25.7 Å². The van der Waals surface area contributed by atoms with Crippen LogP contribution < -0.4 is 10.6 Å². The van der Waals surface area contributed by atoms with Gasteiger partial charge in [0.1, 0.15) is 6.04 Å². The zero-order valence-electron chi connectivity index (χ0n) is 19.8. The van der Waals surface area contributed by atoms with Gasteiger partial charge >= 0.3 is 18.0 Å². The Morgan fingerprint density at radius 2 is 1.91 bits per heavy atom. The third-order valence-electron chi connectivity index (χ3n) is 7.28. The van der Waals surface area contributed by atoms with Crippen LogP contribution in [0.25, 0.3) is 0 Å². The van der Waals surface area contributed by atoms with Gasteiger partial charge in [-0.25, -0.2) is 24.8 Å². The maximum atomic E-state index is 13.9. The molecule has 1 saturated heterocycles. The average molecular weight is 475 g/mol. The van der Waals surface area contributed by atoms with Crippen molar-refractivity contribution in [2.75, 3.05) is 19.6 Å². The van der Waals surface area contributed by atoms with Crippen molar-refractivity contribution in [3.05, 3.63) is 30.1 Å². The quantitative estimate of drug-likeness (QED) is 0.218. The van der Waals surface area contributed by atoms with Gasteiger partial charge in [-0.3, -0.25) is 15.0 Å². The van der Waals surface area contributed by atoms with Gasteiger partial charge < -0.3 is 5.32 Å². The monoisotopic (exact) mass is 474 g/mol. The fourth-order valence-corrected chi connectivity index (χ4v) is 5.41. The fraction of sp³-hybridized carbons (Fsp3) is 0.625. The molecule has 3 atom stereocenters. The summed E-state index contributed by atoms with van der Waals surface area (Å²) in [7, 11) is 0. The van der Waals surface area contributed by atoms with Gasteiger partial charge in [0.2, 0.25) is 6.41 Å². The molecule has 34 heavy (non-hydrogen) atoms. The molecule has 10 nitrogen and oxygen atoms in total. The van der Waals surface area contributed by atoms with E-state index in [-0.39, 0.29) is 24.9 Å². The van der Waals surface area contributed by atoms with Crippen molar-refractivity contribution < 1.29 is 28.9 Å². The summed E-state index contributed by atoms with van der Waals surface area (Å²) in [4.78, 5) is 54.7. The molecule has 0 spiro atoms. The van der Waals surface area contributed by atoms with Crippen molar-refractivity contribution in [2.24, 2.45) is 11.8 Å². The molecule has 1 aromatic heterocycles. The van der Waals surface area contributed by atoms with Crippen LogP contribution in [0, 0.1) is 11.8 Å². The summed E-state index contributed by atoms with van der Waals surface area (Å²) < 4.78 is -0.484. The van der Waals surface area contributed by atoms with E-state index in [2.05, 4.69) is 15.6 Å². The van der Waals surface area contributed by atoms with Crippen molar-refractivity contribution in [1.82, 2.24) is 20.7 Å². The number of likely N-dealkylation sites (tertiary alicyclic amines) is 1. The Labute approximate surface area is 200 Å². The van der Waals surface area contributed by atoms with Crippen molar-refractivity contribution in [1.29, 1.82) is 0 Å². The largest absolute Gasteiger partial charge is 0.432 e. The Morgan fingerprint density at radius 3 is 2.53 bits per heavy atom. The summed E-state index contributed by atoms with van der Waals surface area (Å²) in [6.45, 7) is 2.31. The molecule has 1 saturated carbocycles. The summed E-state index contributed by atoms with van der Waals surface area (Å²) in [5.74, 6) is -0.689. The maximum Gasteiger partial charge on any atom is 0.432 e. The van der Waals surface area contributed by atoms with Crippen LogP contribution >= 0.6 is 0 Å². The highest BCUT2D eigenvalue weighted by Crippen LogP contribution is 2.35. The van der Waals surface area contributed by atoms with Crippen molar-refractivity contribution in [3.8, 4) is 0 Å². The second-order valence-corrected chi connectivity index (χ2v) is 9.52. The summed E-state index contributed by atoms with van der Waals surface area (Å²) >= 11 is 0. The predicted molar refractivity (Wildman–Crippen MR) is 123 cm³/mol. The Morgan fingerprint density at radius 1 is 1.21 bits per heavy atom. The van der Waals surface area contributed by atoms with E-state index in [4.69, 9.17) is 0 Å². The number of urea groups is 2. The second-order valence-electron chi connectivity index (χ2n) is 9.52. The number of hydroxylamine groups is 2. The number of nitrogens with one attached hydrogen (secondary N) is 2. The predicted octanol–water partition coefficient (Wildman–Crippen LogP) is 2.61. The van der Waals surface area contributed by atoms with Crippen molar-refractivity contribution >= 4 is 24.4 Å². The molecule has 0 radical (unpaired) electrons. The zero-order chi connectivity index (χ0) is 24.6. The smallest absolute Gasteiger partial charge is 0.337 e. The van der Waals surface area contributed by atoms with Crippen LogP contribution in [0.1, 0.15) is 57.4 Å². The van der Waals surface area contributed by atoms with Crippen molar-refractivity contribution in [2.45, 2.75) is 64.3 Å². The molecule has 1 aliphatic heterocycles. The molecule has 186 valence electrons. The van der Waals surface area contributed by atoms with Gasteiger partial charge in [0.05, 0.1) is 19.0 Å². The molecule has 3 rings (SSSR count). The number of hydrogen-bond acceptors (Lipinski definition) is 6. The van der Waals surface area contributed by atoms with Crippen LogP contribution in [0.4, 0.5) is 9.59 Å². The highest BCUT2D eigenvalue weighted by molar-refractivity contribution is 5.95. The molecule has 2 aliphatic rings. The van der Waals surface area contributed by atoms with Gasteiger partial charge in [0.25, 0.3) is 0 Å². The summed E-state index contributed by atoms with van der Waals surface area (Å²) in [6.07, 6.45) is 10.3. The number of quaternary nitrogens is 1. The number of pyridine rings is 1. The van der Waals surface area contributed by atoms with E-state index in [1.54, 1.807) is 12.4 Å². The molecular formula is C24H36N5O5+. The minimum Gasteiger partial charge on any atom is -0.337 e. The van der Waals surface area contributed by atoms with Crippen LogP contribution in [0.15, 0.2) is 24.5 Å². The lowest BCUT2D eigenvalue weighted by Gasteiger charge is -2.36. The van der Waals surface area contributed by atoms with Crippen LogP contribution in [-0.4, -0.2) is 69.8 Å². The van der Waals surface area contributed by atoms with E-state index in [9.17, 15) is 24.4 Å². The van der Waals surface area contributed by atoms with Gasteiger partial charge in [0.15, 0.2) is 0 Å². The van der Waals surface area contributed by atoms with Crippen LogP contribution in [0.5, 0.6) is 0 Å².